The van der Waals surface area contributed by atoms with Gasteiger partial charge in [0.05, 0.1) is 12.7 Å². The van der Waals surface area contributed by atoms with E-state index in [4.69, 9.17) is 9.47 Å². The molecule has 0 N–H and O–H groups in total. The molecular formula is C16H14O3. The summed E-state index contributed by atoms with van der Waals surface area (Å²) in [4.78, 5) is 11.6. The molecule has 0 aliphatic carbocycles. The molecule has 19 heavy (non-hydrogen) atoms. The summed E-state index contributed by atoms with van der Waals surface area (Å²) in [5, 5.41) is 0. The molecule has 0 fully saturated rings. The number of hydrogen-bond donors (Lipinski definition) is 0. The number of ether oxygens (including phenoxy) is 2. The van der Waals surface area contributed by atoms with Crippen molar-refractivity contribution >= 4 is 5.97 Å². The van der Waals surface area contributed by atoms with Gasteiger partial charge in [-0.05, 0) is 34.9 Å². The van der Waals surface area contributed by atoms with Gasteiger partial charge in [-0.15, -0.1) is 0 Å². The molecule has 2 aromatic carbocycles. The summed E-state index contributed by atoms with van der Waals surface area (Å²) >= 11 is 0. The van der Waals surface area contributed by atoms with Crippen molar-refractivity contribution in [3.63, 3.8) is 0 Å². The van der Waals surface area contributed by atoms with Gasteiger partial charge in [-0.1, -0.05) is 24.3 Å². The molecule has 3 rings (SSSR count). The van der Waals surface area contributed by atoms with Crippen LogP contribution in [0.3, 0.4) is 0 Å². The number of carbonyl (C=O) groups excluding carboxylic acids is 1. The lowest BCUT2D eigenvalue weighted by atomic mass is 9.99. The molecule has 0 amide bonds. The number of methoxy groups -OCH3 is 1. The highest BCUT2D eigenvalue weighted by Gasteiger charge is 2.16. The fraction of sp³-hybridized carbons (Fsp3) is 0.188. The fourth-order valence-corrected chi connectivity index (χ4v) is 2.33. The van der Waals surface area contributed by atoms with Crippen molar-refractivity contribution in [3.05, 3.63) is 64.7 Å². The molecule has 3 nitrogen and oxygen atoms in total. The zero-order valence-electron chi connectivity index (χ0n) is 10.7. The van der Waals surface area contributed by atoms with Crippen LogP contribution in [0, 0.1) is 0 Å². The Balaban J connectivity index is 2.02. The number of esters is 1. The quantitative estimate of drug-likeness (QED) is 0.734. The predicted molar refractivity (Wildman–Crippen MR) is 71.4 cm³/mol. The normalized spacial score (nSPS) is 12.7. The molecule has 0 saturated heterocycles. The third-order valence-electron chi connectivity index (χ3n) is 3.36. The highest BCUT2D eigenvalue weighted by Crippen LogP contribution is 2.29. The molecule has 2 aromatic rings. The van der Waals surface area contributed by atoms with Crippen LogP contribution in [0.4, 0.5) is 0 Å². The summed E-state index contributed by atoms with van der Waals surface area (Å²) in [6.07, 6.45) is 0.774. The Labute approximate surface area is 111 Å². The van der Waals surface area contributed by atoms with E-state index in [9.17, 15) is 4.79 Å². The van der Waals surface area contributed by atoms with Crippen LogP contribution in [0.15, 0.2) is 42.5 Å². The number of rotatable bonds is 1. The second kappa shape index (κ2) is 4.76. The number of carbonyl (C=O) groups is 1. The van der Waals surface area contributed by atoms with Crippen molar-refractivity contribution < 1.29 is 14.3 Å². The SMILES string of the molecule is COC(=O)c1ccc2c(c1)Cc1ccccc1CO2. The topological polar surface area (TPSA) is 35.5 Å². The van der Waals surface area contributed by atoms with Crippen LogP contribution in [0.25, 0.3) is 0 Å². The van der Waals surface area contributed by atoms with Crippen molar-refractivity contribution in [1.29, 1.82) is 0 Å². The molecule has 0 bridgehead atoms. The summed E-state index contributed by atoms with van der Waals surface area (Å²) < 4.78 is 10.5. The first kappa shape index (κ1) is 11.8. The smallest absolute Gasteiger partial charge is 0.337 e. The maximum atomic E-state index is 11.6. The van der Waals surface area contributed by atoms with E-state index in [0.717, 1.165) is 17.7 Å². The zero-order valence-corrected chi connectivity index (χ0v) is 10.7. The van der Waals surface area contributed by atoms with E-state index in [0.29, 0.717) is 12.2 Å². The van der Waals surface area contributed by atoms with Crippen LogP contribution >= 0.6 is 0 Å². The molecule has 0 radical (unpaired) electrons. The zero-order chi connectivity index (χ0) is 13.2. The van der Waals surface area contributed by atoms with E-state index in [1.807, 2.05) is 24.3 Å². The number of hydrogen-bond acceptors (Lipinski definition) is 3. The van der Waals surface area contributed by atoms with Gasteiger partial charge >= 0.3 is 5.97 Å². The first-order valence-corrected chi connectivity index (χ1v) is 6.19. The first-order chi connectivity index (χ1) is 9.28. The summed E-state index contributed by atoms with van der Waals surface area (Å²) in [6.45, 7) is 0.570. The molecule has 3 heteroatoms. The Kier molecular flexibility index (Phi) is 2.95. The maximum Gasteiger partial charge on any atom is 0.337 e. The minimum Gasteiger partial charge on any atom is -0.489 e. The Morgan fingerprint density at radius 3 is 2.68 bits per heavy atom. The van der Waals surface area contributed by atoms with Crippen LogP contribution in [0.5, 0.6) is 5.75 Å². The molecular weight excluding hydrogens is 240 g/mol. The second-order valence-corrected chi connectivity index (χ2v) is 4.55. The molecule has 0 unspecified atom stereocenters. The van der Waals surface area contributed by atoms with Crippen molar-refractivity contribution in [2.24, 2.45) is 0 Å². The van der Waals surface area contributed by atoms with Crippen molar-refractivity contribution in [2.75, 3.05) is 7.11 Å². The largest absolute Gasteiger partial charge is 0.489 e. The van der Waals surface area contributed by atoms with Crippen molar-refractivity contribution in [3.8, 4) is 5.75 Å². The lowest BCUT2D eigenvalue weighted by Crippen LogP contribution is -2.02. The Morgan fingerprint density at radius 1 is 1.11 bits per heavy atom. The van der Waals surface area contributed by atoms with E-state index >= 15 is 0 Å². The lowest BCUT2D eigenvalue weighted by molar-refractivity contribution is 0.0600. The van der Waals surface area contributed by atoms with Gasteiger partial charge in [0.2, 0.25) is 0 Å². The maximum absolute atomic E-state index is 11.6. The Bertz CT molecular complexity index is 632. The van der Waals surface area contributed by atoms with Gasteiger partial charge in [-0.3, -0.25) is 0 Å². The van der Waals surface area contributed by atoms with Gasteiger partial charge in [0, 0.05) is 6.42 Å². The highest BCUT2D eigenvalue weighted by atomic mass is 16.5. The molecule has 0 atom stereocenters. The minimum atomic E-state index is -0.319. The second-order valence-electron chi connectivity index (χ2n) is 4.55. The minimum absolute atomic E-state index is 0.319. The monoisotopic (exact) mass is 254 g/mol. The van der Waals surface area contributed by atoms with Gasteiger partial charge in [0.1, 0.15) is 12.4 Å². The summed E-state index contributed by atoms with van der Waals surface area (Å²) in [6, 6.07) is 13.6. The van der Waals surface area contributed by atoms with E-state index in [-0.39, 0.29) is 5.97 Å². The lowest BCUT2D eigenvalue weighted by Gasteiger charge is -2.08. The third-order valence-corrected chi connectivity index (χ3v) is 3.36. The van der Waals surface area contributed by atoms with Crippen molar-refractivity contribution in [2.45, 2.75) is 13.0 Å². The summed E-state index contributed by atoms with van der Waals surface area (Å²) in [5.41, 5.74) is 4.01. The van der Waals surface area contributed by atoms with Gasteiger partial charge in [-0.25, -0.2) is 4.79 Å². The predicted octanol–water partition coefficient (Wildman–Crippen LogP) is 2.96. The van der Waals surface area contributed by atoms with Gasteiger partial charge in [0.25, 0.3) is 0 Å². The van der Waals surface area contributed by atoms with E-state index in [1.54, 1.807) is 6.07 Å². The van der Waals surface area contributed by atoms with Crippen LogP contribution in [0.2, 0.25) is 0 Å². The highest BCUT2D eigenvalue weighted by molar-refractivity contribution is 5.89. The first-order valence-electron chi connectivity index (χ1n) is 6.19. The Hall–Kier alpha value is -2.29. The molecule has 1 aliphatic rings. The number of fused-ring (bicyclic) bond motifs is 2. The average molecular weight is 254 g/mol. The van der Waals surface area contributed by atoms with E-state index in [2.05, 4.69) is 12.1 Å². The summed E-state index contributed by atoms with van der Waals surface area (Å²) in [7, 11) is 1.39. The molecule has 0 spiro atoms. The molecule has 0 aromatic heterocycles. The Morgan fingerprint density at radius 2 is 1.89 bits per heavy atom. The molecule has 1 aliphatic heterocycles. The van der Waals surface area contributed by atoms with E-state index < -0.39 is 0 Å². The molecule has 96 valence electrons. The molecule has 1 heterocycles. The third kappa shape index (κ3) is 2.19. The van der Waals surface area contributed by atoms with Crippen molar-refractivity contribution in [1.82, 2.24) is 0 Å². The average Bonchev–Trinajstić information content (AvgIpc) is 2.64. The molecule has 0 saturated carbocycles. The van der Waals surface area contributed by atoms with Gasteiger partial charge in [-0.2, -0.15) is 0 Å². The van der Waals surface area contributed by atoms with Crippen LogP contribution in [-0.4, -0.2) is 13.1 Å². The standard InChI is InChI=1S/C16H14O3/c1-18-16(17)12-6-7-15-14(9-12)8-11-4-2-3-5-13(11)10-19-15/h2-7,9H,8,10H2,1H3. The fourth-order valence-electron chi connectivity index (χ4n) is 2.33. The summed E-state index contributed by atoms with van der Waals surface area (Å²) in [5.74, 6) is 0.518. The van der Waals surface area contributed by atoms with Gasteiger partial charge < -0.3 is 9.47 Å². The van der Waals surface area contributed by atoms with E-state index in [1.165, 1.54) is 18.2 Å². The van der Waals surface area contributed by atoms with Crippen LogP contribution < -0.4 is 4.74 Å². The van der Waals surface area contributed by atoms with Gasteiger partial charge in [0.15, 0.2) is 0 Å². The van der Waals surface area contributed by atoms with Crippen LogP contribution in [0.1, 0.15) is 27.0 Å². The van der Waals surface area contributed by atoms with Crippen LogP contribution in [-0.2, 0) is 17.8 Å². The number of benzene rings is 2.